The second-order valence-electron chi connectivity index (χ2n) is 14.3. The normalized spacial score (nSPS) is 24.9. The molecular weight excluding hydrogens is 621 g/mol. The number of rotatable bonds is 8. The number of benzene rings is 2. The van der Waals surface area contributed by atoms with Gasteiger partial charge in [0.25, 0.3) is 5.91 Å². The van der Waals surface area contributed by atoms with Crippen LogP contribution in [-0.2, 0) is 13.0 Å². The van der Waals surface area contributed by atoms with Crippen LogP contribution in [0.25, 0.3) is 15.8 Å². The minimum Gasteiger partial charge on any atom is -0.476 e. The molecule has 4 saturated carbocycles. The fraction of sp³-hybridized carbons (Fsp3) is 0.395. The lowest BCUT2D eigenvalue weighted by Crippen LogP contribution is -2.47. The molecule has 4 N–H and O–H groups in total. The molecule has 0 spiro atoms. The fourth-order valence-corrected chi connectivity index (χ4v) is 10.2. The van der Waals surface area contributed by atoms with E-state index in [4.69, 9.17) is 10.7 Å². The molecule has 4 aromatic rings. The van der Waals surface area contributed by atoms with Gasteiger partial charge in [-0.2, -0.15) is 0 Å². The lowest BCUT2D eigenvalue weighted by Gasteiger charge is -2.56. The summed E-state index contributed by atoms with van der Waals surface area (Å²) in [7, 11) is 0. The molecule has 9 nitrogen and oxygen atoms in total. The molecule has 48 heavy (non-hydrogen) atoms. The third kappa shape index (κ3) is 5.66. The number of pyridine rings is 1. The molecule has 4 bridgehead atoms. The first-order valence-electron chi connectivity index (χ1n) is 17.0. The Hall–Kier alpha value is -4.57. The summed E-state index contributed by atoms with van der Waals surface area (Å²) >= 11 is 1.44. The number of hydrogen-bond acceptors (Lipinski definition) is 8. The molecule has 0 atom stereocenters. The number of thiazole rings is 1. The molecule has 2 aromatic heterocycles. The van der Waals surface area contributed by atoms with E-state index in [2.05, 4.69) is 15.3 Å². The molecule has 4 aliphatic carbocycles. The Morgan fingerprint density at radius 3 is 2.48 bits per heavy atom. The summed E-state index contributed by atoms with van der Waals surface area (Å²) < 4.78 is 1.01. The highest BCUT2D eigenvalue weighted by Crippen LogP contribution is 2.60. The number of hydrogen-bond donors (Lipinski definition) is 3. The minimum absolute atomic E-state index is 0.0544. The van der Waals surface area contributed by atoms with E-state index in [1.807, 2.05) is 60.4 Å². The van der Waals surface area contributed by atoms with Crippen molar-refractivity contribution in [1.29, 1.82) is 0 Å². The Labute approximate surface area is 284 Å². The van der Waals surface area contributed by atoms with Crippen LogP contribution in [-0.4, -0.2) is 45.8 Å². The van der Waals surface area contributed by atoms with E-state index < -0.39 is 5.97 Å². The molecule has 0 saturated heterocycles. The summed E-state index contributed by atoms with van der Waals surface area (Å²) in [6, 6.07) is 17.2. The van der Waals surface area contributed by atoms with Gasteiger partial charge in [0.1, 0.15) is 5.82 Å². The zero-order valence-corrected chi connectivity index (χ0v) is 27.9. The predicted octanol–water partition coefficient (Wildman–Crippen LogP) is 7.18. The SMILES string of the molecule is CC(=NCC12CC3CC(CC(C3)C1)C2)C(=CN)c1ccc(N2CCc3cccc(C(=O)Nc4nc5ccccc5s4)c3C2)nc1C(=O)O. The Kier molecular flexibility index (Phi) is 7.78. The monoisotopic (exact) mass is 660 g/mol. The van der Waals surface area contributed by atoms with Crippen LogP contribution >= 0.6 is 11.3 Å². The highest BCUT2D eigenvalue weighted by atomic mass is 32.1. The number of aliphatic imine (C=N–C) groups is 1. The lowest BCUT2D eigenvalue weighted by atomic mass is 9.49. The summed E-state index contributed by atoms with van der Waals surface area (Å²) in [4.78, 5) is 42.5. The molecule has 0 unspecified atom stereocenters. The van der Waals surface area contributed by atoms with E-state index in [1.54, 1.807) is 6.07 Å². The molecular formula is C38H40N6O3S. The van der Waals surface area contributed by atoms with Gasteiger partial charge < -0.3 is 15.7 Å². The number of allylic oxidation sites excluding steroid dienone is 1. The second-order valence-corrected chi connectivity index (χ2v) is 15.4. The molecule has 3 heterocycles. The molecule has 10 heteroatoms. The summed E-state index contributed by atoms with van der Waals surface area (Å²) in [6.45, 7) is 3.78. The van der Waals surface area contributed by atoms with Crippen molar-refractivity contribution in [2.45, 2.75) is 58.4 Å². The van der Waals surface area contributed by atoms with E-state index in [9.17, 15) is 14.7 Å². The van der Waals surface area contributed by atoms with Gasteiger partial charge in [-0.05, 0) is 116 Å². The molecule has 5 aliphatic rings. The van der Waals surface area contributed by atoms with E-state index in [-0.39, 0.29) is 17.0 Å². The smallest absolute Gasteiger partial charge is 0.355 e. The van der Waals surface area contributed by atoms with Gasteiger partial charge in [-0.25, -0.2) is 14.8 Å². The van der Waals surface area contributed by atoms with Crippen molar-refractivity contribution in [2.75, 3.05) is 23.3 Å². The van der Waals surface area contributed by atoms with Crippen LogP contribution < -0.4 is 16.0 Å². The number of para-hydroxylation sites is 1. The van der Waals surface area contributed by atoms with E-state index >= 15 is 0 Å². The zero-order valence-electron chi connectivity index (χ0n) is 27.1. The van der Waals surface area contributed by atoms with Gasteiger partial charge in [0.2, 0.25) is 0 Å². The quantitative estimate of drug-likeness (QED) is 0.171. The molecule has 1 amide bonds. The number of carbonyl (C=O) groups is 2. The Morgan fingerprint density at radius 2 is 1.77 bits per heavy atom. The summed E-state index contributed by atoms with van der Waals surface area (Å²) in [5.74, 6) is 1.74. The standard InChI is InChI=1S/C38H40N6O3S/c1-22(40-21-38-16-23-13-24(17-38)15-25(14-23)18-38)29(19-39)27-9-10-33(42-34(27)36(46)47)44-12-11-26-5-4-6-28(30(26)20-44)35(45)43-37-41-31-7-2-3-8-32(31)48-37/h2-10,19,23-25H,11-18,20-21,39H2,1H3,(H,46,47)(H,41,43,45). The summed E-state index contributed by atoms with van der Waals surface area (Å²) in [5.41, 5.74) is 11.6. The first-order valence-corrected chi connectivity index (χ1v) is 17.8. The topological polar surface area (TPSA) is 134 Å². The van der Waals surface area contributed by atoms with Crippen molar-refractivity contribution < 1.29 is 14.7 Å². The van der Waals surface area contributed by atoms with Gasteiger partial charge in [0, 0.05) is 48.2 Å². The van der Waals surface area contributed by atoms with Crippen molar-refractivity contribution in [2.24, 2.45) is 33.9 Å². The molecule has 1 aliphatic heterocycles. The third-order valence-corrected chi connectivity index (χ3v) is 12.1. The average Bonchev–Trinajstić information content (AvgIpc) is 3.49. The van der Waals surface area contributed by atoms with Crippen molar-refractivity contribution in [3.05, 3.63) is 88.7 Å². The maximum atomic E-state index is 13.5. The minimum atomic E-state index is -1.12. The van der Waals surface area contributed by atoms with E-state index in [0.717, 1.165) is 51.4 Å². The van der Waals surface area contributed by atoms with Gasteiger partial charge in [0.05, 0.1) is 10.2 Å². The fourth-order valence-electron chi connectivity index (χ4n) is 9.35. The van der Waals surface area contributed by atoms with Crippen LogP contribution in [0.3, 0.4) is 0 Å². The number of nitrogens with two attached hydrogens (primary N) is 1. The largest absolute Gasteiger partial charge is 0.476 e. The number of aromatic nitrogens is 2. The number of fused-ring (bicyclic) bond motifs is 2. The Morgan fingerprint density at radius 1 is 1.02 bits per heavy atom. The van der Waals surface area contributed by atoms with Crippen molar-refractivity contribution >= 4 is 55.7 Å². The van der Waals surface area contributed by atoms with Gasteiger partial charge in [0.15, 0.2) is 10.8 Å². The third-order valence-electron chi connectivity index (χ3n) is 11.1. The van der Waals surface area contributed by atoms with Crippen LogP contribution in [0.4, 0.5) is 10.9 Å². The van der Waals surface area contributed by atoms with E-state index in [0.29, 0.717) is 47.2 Å². The molecule has 0 radical (unpaired) electrons. The molecule has 4 fully saturated rings. The zero-order chi connectivity index (χ0) is 33.0. The van der Waals surface area contributed by atoms with Crippen LogP contribution in [0.5, 0.6) is 0 Å². The van der Waals surface area contributed by atoms with Crippen LogP contribution in [0.1, 0.15) is 83.0 Å². The number of amides is 1. The van der Waals surface area contributed by atoms with Crippen LogP contribution in [0.15, 0.2) is 65.8 Å². The first kappa shape index (κ1) is 30.7. The van der Waals surface area contributed by atoms with Gasteiger partial charge in [-0.1, -0.05) is 35.6 Å². The number of nitrogens with one attached hydrogen (secondary N) is 1. The first-order chi connectivity index (χ1) is 23.3. The lowest BCUT2D eigenvalue weighted by molar-refractivity contribution is -0.0464. The Bertz CT molecular complexity index is 1930. The highest BCUT2D eigenvalue weighted by Gasteiger charge is 2.50. The van der Waals surface area contributed by atoms with Crippen molar-refractivity contribution in [3.8, 4) is 0 Å². The number of anilines is 2. The summed E-state index contributed by atoms with van der Waals surface area (Å²) in [6.07, 6.45) is 10.1. The highest BCUT2D eigenvalue weighted by molar-refractivity contribution is 7.22. The Balaban J connectivity index is 1.02. The van der Waals surface area contributed by atoms with Crippen molar-refractivity contribution in [1.82, 2.24) is 9.97 Å². The van der Waals surface area contributed by atoms with Crippen molar-refractivity contribution in [3.63, 3.8) is 0 Å². The van der Waals surface area contributed by atoms with Gasteiger partial charge >= 0.3 is 5.97 Å². The number of aromatic carboxylic acids is 1. The summed E-state index contributed by atoms with van der Waals surface area (Å²) in [5, 5.41) is 13.9. The molecule has 9 rings (SSSR count). The number of carboxylic acids is 1. The van der Waals surface area contributed by atoms with Crippen LogP contribution in [0.2, 0.25) is 0 Å². The number of carbonyl (C=O) groups excluding carboxylic acids is 1. The number of nitrogens with zero attached hydrogens (tertiary/aromatic N) is 4. The molecule has 246 valence electrons. The second kappa shape index (κ2) is 12.1. The average molecular weight is 661 g/mol. The maximum absolute atomic E-state index is 13.5. The van der Waals surface area contributed by atoms with E-state index in [1.165, 1.54) is 56.1 Å². The maximum Gasteiger partial charge on any atom is 0.355 e. The predicted molar refractivity (Wildman–Crippen MR) is 191 cm³/mol. The molecule has 2 aromatic carbocycles. The van der Waals surface area contributed by atoms with Crippen LogP contribution in [0, 0.1) is 23.2 Å². The number of carboxylic acid groups (broad SMARTS) is 1. The van der Waals surface area contributed by atoms with Gasteiger partial charge in [-0.3, -0.25) is 15.1 Å². The van der Waals surface area contributed by atoms with Gasteiger partial charge in [-0.15, -0.1) is 0 Å².